The van der Waals surface area contributed by atoms with Gasteiger partial charge in [-0.3, -0.25) is 0 Å². The molecule has 106 valence electrons. The van der Waals surface area contributed by atoms with Crippen LogP contribution in [0.4, 0.5) is 10.2 Å². The molecule has 0 atom stereocenters. The van der Waals surface area contributed by atoms with Gasteiger partial charge in [0, 0.05) is 19.7 Å². The molecular formula is C14H16FN3O2. The number of ether oxygens (including phenoxy) is 2. The van der Waals surface area contributed by atoms with Gasteiger partial charge in [-0.25, -0.2) is 9.37 Å². The standard InChI is InChI=1S/C14H16FN3O2/c1-3-19-9-13-17-12(16-2)8-14(18-13)20-11-6-4-10(15)5-7-11/h4-8H,3,9H2,1-2H3,(H,16,17,18). The Morgan fingerprint density at radius 1 is 1.20 bits per heavy atom. The highest BCUT2D eigenvalue weighted by atomic mass is 19.1. The van der Waals surface area contributed by atoms with Crippen molar-refractivity contribution in [2.24, 2.45) is 0 Å². The Labute approximate surface area is 116 Å². The van der Waals surface area contributed by atoms with Gasteiger partial charge >= 0.3 is 0 Å². The molecule has 0 radical (unpaired) electrons. The molecule has 0 unspecified atom stereocenters. The number of anilines is 1. The van der Waals surface area contributed by atoms with Gasteiger partial charge in [-0.2, -0.15) is 4.98 Å². The van der Waals surface area contributed by atoms with Crippen molar-refractivity contribution < 1.29 is 13.9 Å². The van der Waals surface area contributed by atoms with Crippen LogP contribution in [-0.2, 0) is 11.3 Å². The SMILES string of the molecule is CCOCc1nc(NC)cc(Oc2ccc(F)cc2)n1. The fourth-order valence-electron chi connectivity index (χ4n) is 1.53. The van der Waals surface area contributed by atoms with Crippen LogP contribution in [0.2, 0.25) is 0 Å². The smallest absolute Gasteiger partial charge is 0.224 e. The second-order valence-electron chi connectivity index (χ2n) is 3.95. The molecule has 1 aromatic heterocycles. The molecule has 1 aromatic carbocycles. The van der Waals surface area contributed by atoms with Crippen molar-refractivity contribution in [1.82, 2.24) is 9.97 Å². The quantitative estimate of drug-likeness (QED) is 0.879. The number of rotatable bonds is 6. The molecule has 1 heterocycles. The van der Waals surface area contributed by atoms with E-state index in [1.54, 1.807) is 25.2 Å². The molecule has 2 aromatic rings. The number of nitrogens with zero attached hydrogens (tertiary/aromatic N) is 2. The fourth-order valence-corrected chi connectivity index (χ4v) is 1.53. The van der Waals surface area contributed by atoms with E-state index in [0.717, 1.165) is 0 Å². The minimum atomic E-state index is -0.312. The van der Waals surface area contributed by atoms with Gasteiger partial charge < -0.3 is 14.8 Å². The molecule has 5 nitrogen and oxygen atoms in total. The maximum atomic E-state index is 12.8. The van der Waals surface area contributed by atoms with Crippen LogP contribution < -0.4 is 10.1 Å². The summed E-state index contributed by atoms with van der Waals surface area (Å²) in [6.45, 7) is 2.80. The van der Waals surface area contributed by atoms with Crippen LogP contribution in [0.5, 0.6) is 11.6 Å². The highest BCUT2D eigenvalue weighted by molar-refractivity contribution is 5.39. The molecular weight excluding hydrogens is 261 g/mol. The average Bonchev–Trinajstić information content (AvgIpc) is 2.47. The van der Waals surface area contributed by atoms with Gasteiger partial charge in [-0.15, -0.1) is 0 Å². The Morgan fingerprint density at radius 3 is 2.60 bits per heavy atom. The summed E-state index contributed by atoms with van der Waals surface area (Å²) in [5.74, 6) is 1.73. The van der Waals surface area contributed by atoms with E-state index in [0.29, 0.717) is 36.5 Å². The van der Waals surface area contributed by atoms with Gasteiger partial charge in [-0.05, 0) is 31.2 Å². The highest BCUT2D eigenvalue weighted by Crippen LogP contribution is 2.22. The Kier molecular flexibility index (Phi) is 4.84. The van der Waals surface area contributed by atoms with Crippen LogP contribution in [0.25, 0.3) is 0 Å². The first-order chi connectivity index (χ1) is 9.71. The number of nitrogens with one attached hydrogen (secondary N) is 1. The molecule has 20 heavy (non-hydrogen) atoms. The zero-order chi connectivity index (χ0) is 14.4. The van der Waals surface area contributed by atoms with Crippen molar-refractivity contribution in [3.63, 3.8) is 0 Å². The third-order valence-corrected chi connectivity index (χ3v) is 2.48. The Balaban J connectivity index is 2.19. The summed E-state index contributed by atoms with van der Waals surface area (Å²) < 4.78 is 23.7. The maximum absolute atomic E-state index is 12.8. The molecule has 0 aliphatic heterocycles. The topological polar surface area (TPSA) is 56.3 Å². The van der Waals surface area contributed by atoms with E-state index in [-0.39, 0.29) is 5.82 Å². The van der Waals surface area contributed by atoms with Gasteiger partial charge in [0.15, 0.2) is 5.82 Å². The van der Waals surface area contributed by atoms with Gasteiger partial charge in [0.1, 0.15) is 24.0 Å². The van der Waals surface area contributed by atoms with Crippen LogP contribution in [0.1, 0.15) is 12.7 Å². The molecule has 0 fully saturated rings. The molecule has 0 spiro atoms. The van der Waals surface area contributed by atoms with Crippen molar-refractivity contribution in [2.45, 2.75) is 13.5 Å². The molecule has 0 aliphatic rings. The zero-order valence-electron chi connectivity index (χ0n) is 11.4. The number of aromatic nitrogens is 2. The monoisotopic (exact) mass is 277 g/mol. The average molecular weight is 277 g/mol. The van der Waals surface area contributed by atoms with E-state index in [9.17, 15) is 4.39 Å². The lowest BCUT2D eigenvalue weighted by atomic mass is 10.3. The normalized spacial score (nSPS) is 10.3. The van der Waals surface area contributed by atoms with E-state index in [4.69, 9.17) is 9.47 Å². The Hall–Kier alpha value is -2.21. The van der Waals surface area contributed by atoms with Crippen LogP contribution in [-0.4, -0.2) is 23.6 Å². The van der Waals surface area contributed by atoms with Gasteiger partial charge in [0.05, 0.1) is 0 Å². The van der Waals surface area contributed by atoms with E-state index in [1.807, 2.05) is 6.92 Å². The van der Waals surface area contributed by atoms with E-state index < -0.39 is 0 Å². The van der Waals surface area contributed by atoms with E-state index in [2.05, 4.69) is 15.3 Å². The zero-order valence-corrected chi connectivity index (χ0v) is 11.4. The summed E-state index contributed by atoms with van der Waals surface area (Å²) >= 11 is 0. The van der Waals surface area contributed by atoms with Crippen molar-refractivity contribution in [3.05, 3.63) is 42.0 Å². The summed E-state index contributed by atoms with van der Waals surface area (Å²) in [5.41, 5.74) is 0. The summed E-state index contributed by atoms with van der Waals surface area (Å²) in [5, 5.41) is 2.93. The third kappa shape index (κ3) is 3.89. The lowest BCUT2D eigenvalue weighted by Crippen LogP contribution is -2.04. The Morgan fingerprint density at radius 2 is 1.95 bits per heavy atom. The largest absolute Gasteiger partial charge is 0.439 e. The van der Waals surface area contributed by atoms with E-state index >= 15 is 0 Å². The third-order valence-electron chi connectivity index (χ3n) is 2.48. The minimum absolute atomic E-state index is 0.311. The molecule has 0 aliphatic carbocycles. The second kappa shape index (κ2) is 6.81. The summed E-state index contributed by atoms with van der Waals surface area (Å²) in [4.78, 5) is 8.50. The molecule has 0 saturated heterocycles. The lowest BCUT2D eigenvalue weighted by molar-refractivity contribution is 0.128. The highest BCUT2D eigenvalue weighted by Gasteiger charge is 2.06. The predicted octanol–water partition coefficient (Wildman–Crippen LogP) is 2.99. The molecule has 1 N–H and O–H groups in total. The fraction of sp³-hybridized carbons (Fsp3) is 0.286. The first-order valence-electron chi connectivity index (χ1n) is 6.28. The van der Waals surface area contributed by atoms with Crippen molar-refractivity contribution in [2.75, 3.05) is 19.0 Å². The van der Waals surface area contributed by atoms with Crippen LogP contribution >= 0.6 is 0 Å². The van der Waals surface area contributed by atoms with Crippen LogP contribution in [0.15, 0.2) is 30.3 Å². The van der Waals surface area contributed by atoms with Gasteiger partial charge in [0.2, 0.25) is 5.88 Å². The first kappa shape index (κ1) is 14.2. The predicted molar refractivity (Wildman–Crippen MR) is 73.4 cm³/mol. The summed E-state index contributed by atoms with van der Waals surface area (Å²) in [6, 6.07) is 7.41. The summed E-state index contributed by atoms with van der Waals surface area (Å²) in [6.07, 6.45) is 0. The minimum Gasteiger partial charge on any atom is -0.439 e. The second-order valence-corrected chi connectivity index (χ2v) is 3.95. The first-order valence-corrected chi connectivity index (χ1v) is 6.28. The number of halogens is 1. The van der Waals surface area contributed by atoms with Crippen LogP contribution in [0, 0.1) is 5.82 Å². The molecule has 6 heteroatoms. The lowest BCUT2D eigenvalue weighted by Gasteiger charge is -2.09. The molecule has 2 rings (SSSR count). The van der Waals surface area contributed by atoms with Crippen molar-refractivity contribution in [3.8, 4) is 11.6 Å². The van der Waals surface area contributed by atoms with Gasteiger partial charge in [0.25, 0.3) is 0 Å². The molecule has 0 bridgehead atoms. The van der Waals surface area contributed by atoms with Gasteiger partial charge in [-0.1, -0.05) is 0 Å². The number of hydrogen-bond donors (Lipinski definition) is 1. The van der Waals surface area contributed by atoms with E-state index in [1.165, 1.54) is 12.1 Å². The van der Waals surface area contributed by atoms with Crippen molar-refractivity contribution >= 4 is 5.82 Å². The van der Waals surface area contributed by atoms with Crippen molar-refractivity contribution in [1.29, 1.82) is 0 Å². The maximum Gasteiger partial charge on any atom is 0.224 e. The molecule has 0 amide bonds. The number of hydrogen-bond acceptors (Lipinski definition) is 5. The summed E-state index contributed by atoms with van der Waals surface area (Å²) in [7, 11) is 1.76. The Bertz CT molecular complexity index is 561. The van der Waals surface area contributed by atoms with Crippen LogP contribution in [0.3, 0.4) is 0 Å². The molecule has 0 saturated carbocycles. The number of benzene rings is 1.